The first-order valence-electron chi connectivity index (χ1n) is 6.28. The number of carbonyl (C=O) groups is 1. The number of amides is 1. The van der Waals surface area contributed by atoms with Gasteiger partial charge < -0.3 is 15.5 Å². The highest BCUT2D eigenvalue weighted by Crippen LogP contribution is 2.24. The Morgan fingerprint density at radius 1 is 1.18 bits per heavy atom. The number of aromatic hydroxyl groups is 1. The molecule has 1 amide bonds. The van der Waals surface area contributed by atoms with Crippen molar-refractivity contribution in [3.8, 4) is 5.75 Å². The highest BCUT2D eigenvalue weighted by atomic mass is 35.5. The van der Waals surface area contributed by atoms with E-state index in [0.29, 0.717) is 5.56 Å². The van der Waals surface area contributed by atoms with Gasteiger partial charge in [-0.1, -0.05) is 29.3 Å². The Labute approximate surface area is 136 Å². The van der Waals surface area contributed by atoms with Crippen LogP contribution in [0.2, 0.25) is 10.0 Å². The fraction of sp³-hybridized carbons (Fsp3) is 0.133. The lowest BCUT2D eigenvalue weighted by Crippen LogP contribution is -2.28. The van der Waals surface area contributed by atoms with Crippen molar-refractivity contribution in [2.24, 2.45) is 0 Å². The van der Waals surface area contributed by atoms with Crippen LogP contribution in [0.1, 0.15) is 22.0 Å². The van der Waals surface area contributed by atoms with Crippen molar-refractivity contribution in [3.05, 3.63) is 63.4 Å². The summed E-state index contributed by atoms with van der Waals surface area (Å²) in [4.78, 5) is 11.9. The number of hydrogen-bond acceptors (Lipinski definition) is 3. The van der Waals surface area contributed by atoms with Crippen molar-refractivity contribution in [1.29, 1.82) is 0 Å². The summed E-state index contributed by atoms with van der Waals surface area (Å²) in [5, 5.41) is 21.7. The Morgan fingerprint density at radius 2 is 1.91 bits per heavy atom. The van der Waals surface area contributed by atoms with E-state index in [1.54, 1.807) is 0 Å². The molecule has 0 bridgehead atoms. The van der Waals surface area contributed by atoms with Gasteiger partial charge in [0.05, 0.1) is 16.1 Å². The molecule has 0 saturated carbocycles. The third kappa shape index (κ3) is 3.88. The normalized spacial score (nSPS) is 12.0. The van der Waals surface area contributed by atoms with Gasteiger partial charge in [-0.2, -0.15) is 0 Å². The number of rotatable bonds is 4. The molecule has 116 valence electrons. The predicted octanol–water partition coefficient (Wildman–Crippen LogP) is 3.30. The maximum atomic E-state index is 13.3. The second-order valence-electron chi connectivity index (χ2n) is 4.57. The van der Waals surface area contributed by atoms with Crippen LogP contribution in [-0.4, -0.2) is 22.7 Å². The zero-order valence-corrected chi connectivity index (χ0v) is 12.7. The van der Waals surface area contributed by atoms with Gasteiger partial charge in [0.15, 0.2) is 0 Å². The molecule has 0 aliphatic rings. The van der Waals surface area contributed by atoms with Gasteiger partial charge in [-0.3, -0.25) is 4.79 Å². The maximum Gasteiger partial charge on any atom is 0.251 e. The van der Waals surface area contributed by atoms with E-state index in [0.717, 1.165) is 6.07 Å². The van der Waals surface area contributed by atoms with E-state index >= 15 is 0 Å². The number of halogens is 3. The van der Waals surface area contributed by atoms with E-state index in [-0.39, 0.29) is 27.9 Å². The van der Waals surface area contributed by atoms with Crippen LogP contribution in [-0.2, 0) is 0 Å². The van der Waals surface area contributed by atoms with Gasteiger partial charge in [-0.05, 0) is 35.9 Å². The first-order chi connectivity index (χ1) is 10.4. The maximum absolute atomic E-state index is 13.3. The highest BCUT2D eigenvalue weighted by molar-refractivity contribution is 6.32. The second-order valence-corrected chi connectivity index (χ2v) is 5.38. The van der Waals surface area contributed by atoms with Gasteiger partial charge in [0.2, 0.25) is 0 Å². The first-order valence-corrected chi connectivity index (χ1v) is 7.04. The molecule has 1 atom stereocenters. The fourth-order valence-electron chi connectivity index (χ4n) is 1.78. The Hall–Kier alpha value is -1.82. The average Bonchev–Trinajstić information content (AvgIpc) is 2.50. The van der Waals surface area contributed by atoms with Crippen LogP contribution in [0.15, 0.2) is 36.4 Å². The minimum Gasteiger partial charge on any atom is -0.506 e. The molecule has 22 heavy (non-hydrogen) atoms. The van der Waals surface area contributed by atoms with Crippen LogP contribution in [0.4, 0.5) is 4.39 Å². The molecule has 0 fully saturated rings. The molecular weight excluding hydrogens is 332 g/mol. The molecule has 1 unspecified atom stereocenters. The van der Waals surface area contributed by atoms with E-state index in [1.807, 2.05) is 0 Å². The summed E-state index contributed by atoms with van der Waals surface area (Å²) in [5.41, 5.74) is 0.531. The van der Waals surface area contributed by atoms with Crippen molar-refractivity contribution >= 4 is 29.1 Å². The van der Waals surface area contributed by atoms with E-state index in [1.165, 1.54) is 30.3 Å². The predicted molar refractivity (Wildman–Crippen MR) is 81.8 cm³/mol. The third-order valence-electron chi connectivity index (χ3n) is 2.99. The molecule has 0 aromatic heterocycles. The molecule has 2 aromatic rings. The molecule has 0 spiro atoms. The Bertz CT molecular complexity index is 709. The second kappa shape index (κ2) is 6.96. The van der Waals surface area contributed by atoms with Crippen LogP contribution >= 0.6 is 23.2 Å². The Kier molecular flexibility index (Phi) is 5.24. The SMILES string of the molecule is O=C(NCC(O)c1ccc(Cl)c(F)c1)c1ccc(O)c(Cl)c1. The standard InChI is InChI=1S/C15H12Cl2FNO3/c16-10-3-1-8(6-12(10)18)14(21)7-19-15(22)9-2-4-13(20)11(17)5-9/h1-6,14,20-21H,7H2,(H,19,22). The number of aliphatic hydroxyl groups excluding tert-OH is 1. The van der Waals surface area contributed by atoms with Crippen molar-refractivity contribution in [2.75, 3.05) is 6.54 Å². The molecule has 0 aliphatic heterocycles. The molecule has 0 aliphatic carbocycles. The Balaban J connectivity index is 2.00. The number of carbonyl (C=O) groups excluding carboxylic acids is 1. The van der Waals surface area contributed by atoms with Crippen LogP contribution in [0.5, 0.6) is 5.75 Å². The summed E-state index contributed by atoms with van der Waals surface area (Å²) >= 11 is 11.3. The zero-order chi connectivity index (χ0) is 16.3. The molecule has 3 N–H and O–H groups in total. The van der Waals surface area contributed by atoms with Crippen molar-refractivity contribution in [2.45, 2.75) is 6.10 Å². The number of phenols is 1. The number of aliphatic hydroxyl groups is 1. The summed E-state index contributed by atoms with van der Waals surface area (Å²) < 4.78 is 13.3. The molecule has 2 rings (SSSR count). The summed E-state index contributed by atoms with van der Waals surface area (Å²) in [6.07, 6.45) is -1.08. The van der Waals surface area contributed by atoms with E-state index in [9.17, 15) is 19.4 Å². The molecule has 0 heterocycles. The van der Waals surface area contributed by atoms with Gasteiger partial charge in [0, 0.05) is 12.1 Å². The van der Waals surface area contributed by atoms with Crippen molar-refractivity contribution in [1.82, 2.24) is 5.32 Å². The Morgan fingerprint density at radius 3 is 2.55 bits per heavy atom. The van der Waals surface area contributed by atoms with Gasteiger partial charge in [-0.15, -0.1) is 0 Å². The van der Waals surface area contributed by atoms with Crippen LogP contribution in [0, 0.1) is 5.82 Å². The first kappa shape index (κ1) is 16.5. The number of nitrogens with one attached hydrogen (secondary N) is 1. The number of hydrogen-bond donors (Lipinski definition) is 3. The molecule has 2 aromatic carbocycles. The van der Waals surface area contributed by atoms with Gasteiger partial charge in [-0.25, -0.2) is 4.39 Å². The quantitative estimate of drug-likeness (QED) is 0.797. The zero-order valence-electron chi connectivity index (χ0n) is 11.2. The van der Waals surface area contributed by atoms with Gasteiger partial charge >= 0.3 is 0 Å². The molecule has 0 radical (unpaired) electrons. The van der Waals surface area contributed by atoms with Crippen LogP contribution < -0.4 is 5.32 Å². The fourth-order valence-corrected chi connectivity index (χ4v) is 2.08. The molecule has 0 saturated heterocycles. The lowest BCUT2D eigenvalue weighted by atomic mass is 10.1. The number of benzene rings is 2. The van der Waals surface area contributed by atoms with E-state index in [4.69, 9.17) is 23.2 Å². The minimum absolute atomic E-state index is 0.0429. The summed E-state index contributed by atoms with van der Waals surface area (Å²) in [6, 6.07) is 7.90. The van der Waals surface area contributed by atoms with E-state index in [2.05, 4.69) is 5.32 Å². The summed E-state index contributed by atoms with van der Waals surface area (Å²) in [6.45, 7) is -0.113. The smallest absolute Gasteiger partial charge is 0.251 e. The topological polar surface area (TPSA) is 69.6 Å². The minimum atomic E-state index is -1.08. The monoisotopic (exact) mass is 343 g/mol. The molecular formula is C15H12Cl2FNO3. The van der Waals surface area contributed by atoms with Crippen molar-refractivity contribution in [3.63, 3.8) is 0 Å². The van der Waals surface area contributed by atoms with Gasteiger partial charge in [0.1, 0.15) is 11.6 Å². The lowest BCUT2D eigenvalue weighted by molar-refractivity contribution is 0.0916. The van der Waals surface area contributed by atoms with Gasteiger partial charge in [0.25, 0.3) is 5.91 Å². The highest BCUT2D eigenvalue weighted by Gasteiger charge is 2.13. The van der Waals surface area contributed by atoms with E-state index < -0.39 is 17.8 Å². The molecule has 7 heteroatoms. The number of phenolic OH excluding ortho intramolecular Hbond substituents is 1. The van der Waals surface area contributed by atoms with Crippen LogP contribution in [0.3, 0.4) is 0 Å². The third-order valence-corrected chi connectivity index (χ3v) is 3.60. The summed E-state index contributed by atoms with van der Waals surface area (Å²) in [5.74, 6) is -1.25. The van der Waals surface area contributed by atoms with Crippen LogP contribution in [0.25, 0.3) is 0 Å². The largest absolute Gasteiger partial charge is 0.506 e. The van der Waals surface area contributed by atoms with Crippen molar-refractivity contribution < 1.29 is 19.4 Å². The summed E-state index contributed by atoms with van der Waals surface area (Å²) in [7, 11) is 0. The molecule has 4 nitrogen and oxygen atoms in total. The average molecular weight is 344 g/mol. The lowest BCUT2D eigenvalue weighted by Gasteiger charge is -2.13.